The summed E-state index contributed by atoms with van der Waals surface area (Å²) in [7, 11) is 4.93. The van der Waals surface area contributed by atoms with Crippen molar-refractivity contribution in [1.82, 2.24) is 25.5 Å². The summed E-state index contributed by atoms with van der Waals surface area (Å²) in [6, 6.07) is 11.4. The molecule has 0 aliphatic heterocycles. The smallest absolute Gasteiger partial charge is 0.299 e. The van der Waals surface area contributed by atoms with Gasteiger partial charge in [-0.15, -0.1) is 0 Å². The molecule has 218 valence electrons. The molecule has 0 bridgehead atoms. The number of carbonyl (C=O) groups excluding carboxylic acids is 1. The van der Waals surface area contributed by atoms with Gasteiger partial charge in [-0.1, -0.05) is 45.3 Å². The molecule has 3 rings (SSSR count). The molecule has 13 heteroatoms. The molecule has 2 aromatic heterocycles. The van der Waals surface area contributed by atoms with Crippen LogP contribution in [0, 0.1) is 32.1 Å². The van der Waals surface area contributed by atoms with Crippen LogP contribution in [0.2, 0.25) is 0 Å². The molecule has 1 atom stereocenters. The van der Waals surface area contributed by atoms with Crippen LogP contribution >= 0.6 is 9.24 Å². The Balaban J connectivity index is 0.000000409. The lowest BCUT2D eigenvalue weighted by Crippen LogP contribution is -2.19. The van der Waals surface area contributed by atoms with Crippen molar-refractivity contribution < 1.29 is 13.6 Å². The summed E-state index contributed by atoms with van der Waals surface area (Å²) in [6.07, 6.45) is 4.21. The Hall–Kier alpha value is -4.33. The number of benzene rings is 1. The Morgan fingerprint density at radius 1 is 1.24 bits per heavy atom. The third-order valence-corrected chi connectivity index (χ3v) is 5.56. The molecule has 41 heavy (non-hydrogen) atoms. The standard InChI is InChI=1S/C15H17F2N6P.C10H13NO.C3H6N2/c1-4-13-8-12(9-19-22-20-11(3)15(16,17)24)21-23(13)14-10(2)6-5-7-18-14;1-7-4-8(2)10(11-3)9(5-7)6-12;1-5-3-2-4/h4-8H,1,3,9,24H2,2H3,(H,19,20);4-6,11H,1-3H3;5H,3H2,1H3. The van der Waals surface area contributed by atoms with Gasteiger partial charge in [-0.2, -0.15) is 24.3 Å². The topological polar surface area (TPSA) is 132 Å². The number of aromatic nitrogens is 3. The first-order valence-corrected chi connectivity index (χ1v) is 12.9. The predicted molar refractivity (Wildman–Crippen MR) is 162 cm³/mol. The fourth-order valence-electron chi connectivity index (χ4n) is 3.33. The lowest BCUT2D eigenvalue weighted by Gasteiger charge is -2.10. The van der Waals surface area contributed by atoms with Gasteiger partial charge in [-0.3, -0.25) is 10.2 Å². The number of halogens is 2. The molecule has 3 aromatic rings. The third-order valence-electron chi connectivity index (χ3n) is 5.21. The number of nitrogens with one attached hydrogen (secondary N) is 3. The van der Waals surface area contributed by atoms with Crippen molar-refractivity contribution in [2.45, 2.75) is 33.0 Å². The SMILES string of the molecule is C=Cc1cc(CN=NNC(=C)C(F)(F)P)nn1-c1ncccc1C.CNCC#N.CNc1c(C)cc(C)cc1C=O. The molecule has 0 fully saturated rings. The van der Waals surface area contributed by atoms with Gasteiger partial charge in [0, 0.05) is 24.5 Å². The number of nitrogens with zero attached hydrogens (tertiary/aromatic N) is 6. The Bertz CT molecular complexity index is 1390. The largest absolute Gasteiger partial charge is 0.387 e. The normalized spacial score (nSPS) is 10.4. The van der Waals surface area contributed by atoms with Gasteiger partial charge in [0.05, 0.1) is 24.0 Å². The van der Waals surface area contributed by atoms with Crippen LogP contribution in [0.25, 0.3) is 11.9 Å². The van der Waals surface area contributed by atoms with E-state index < -0.39 is 11.4 Å². The number of hydrogen-bond acceptors (Lipinski definition) is 8. The van der Waals surface area contributed by atoms with Gasteiger partial charge in [-0.05, 0) is 63.2 Å². The minimum atomic E-state index is -3.15. The van der Waals surface area contributed by atoms with Crippen molar-refractivity contribution in [2.24, 2.45) is 10.3 Å². The van der Waals surface area contributed by atoms with E-state index in [2.05, 4.69) is 55.7 Å². The fraction of sp³-hybridized carbons (Fsp3) is 0.286. The maximum Gasteiger partial charge on any atom is 0.299 e. The van der Waals surface area contributed by atoms with E-state index in [0.29, 0.717) is 18.1 Å². The highest BCUT2D eigenvalue weighted by Gasteiger charge is 2.25. The number of hydrogen-bond donors (Lipinski definition) is 3. The molecule has 3 N–H and O–H groups in total. The van der Waals surface area contributed by atoms with Crippen molar-refractivity contribution >= 4 is 27.3 Å². The predicted octanol–water partition coefficient (Wildman–Crippen LogP) is 5.54. The van der Waals surface area contributed by atoms with E-state index in [1.54, 1.807) is 30.1 Å². The molecule has 0 saturated carbocycles. The number of anilines is 1. The monoisotopic (exact) mass is 583 g/mol. The summed E-state index contributed by atoms with van der Waals surface area (Å²) in [6.45, 7) is 13.4. The van der Waals surface area contributed by atoms with Crippen LogP contribution in [0.4, 0.5) is 14.5 Å². The zero-order chi connectivity index (χ0) is 31.0. The van der Waals surface area contributed by atoms with E-state index in [1.165, 1.54) is 9.24 Å². The summed E-state index contributed by atoms with van der Waals surface area (Å²) in [4.78, 5) is 15.0. The quantitative estimate of drug-likeness (QED) is 0.0938. The van der Waals surface area contributed by atoms with Crippen molar-refractivity contribution in [1.29, 1.82) is 5.26 Å². The average molecular weight is 584 g/mol. The van der Waals surface area contributed by atoms with Crippen molar-refractivity contribution in [3.8, 4) is 11.9 Å². The summed E-state index contributed by atoms with van der Waals surface area (Å²) >= 11 is 0. The van der Waals surface area contributed by atoms with Gasteiger partial charge >= 0.3 is 0 Å². The lowest BCUT2D eigenvalue weighted by molar-refractivity contribution is 0.112. The molecule has 10 nitrogen and oxygen atoms in total. The molecule has 0 aliphatic carbocycles. The number of alkyl halides is 2. The van der Waals surface area contributed by atoms with Crippen LogP contribution in [-0.4, -0.2) is 47.4 Å². The number of nitriles is 1. The number of rotatable bonds is 10. The van der Waals surface area contributed by atoms with Gasteiger partial charge in [0.1, 0.15) is 12.2 Å². The molecule has 2 heterocycles. The zero-order valence-electron chi connectivity index (χ0n) is 23.9. The highest BCUT2D eigenvalue weighted by atomic mass is 31.0. The Morgan fingerprint density at radius 3 is 2.46 bits per heavy atom. The van der Waals surface area contributed by atoms with E-state index in [0.717, 1.165) is 39.9 Å². The second-order valence-electron chi connectivity index (χ2n) is 8.54. The Labute approximate surface area is 241 Å². The van der Waals surface area contributed by atoms with Crippen LogP contribution in [0.15, 0.2) is 65.7 Å². The van der Waals surface area contributed by atoms with Crippen LogP contribution in [-0.2, 0) is 6.54 Å². The Kier molecular flexibility index (Phi) is 14.7. The van der Waals surface area contributed by atoms with Crippen LogP contribution in [0.5, 0.6) is 0 Å². The van der Waals surface area contributed by atoms with E-state index >= 15 is 0 Å². The summed E-state index contributed by atoms with van der Waals surface area (Å²) in [5.41, 5.74) is 4.58. The molecule has 0 aliphatic rings. The number of carbonyl (C=O) groups is 1. The number of pyridine rings is 1. The number of aldehydes is 1. The average Bonchev–Trinajstić information content (AvgIpc) is 3.34. The van der Waals surface area contributed by atoms with Crippen molar-refractivity contribution in [3.05, 3.63) is 89.0 Å². The Morgan fingerprint density at radius 2 is 1.95 bits per heavy atom. The second kappa shape index (κ2) is 17.4. The summed E-state index contributed by atoms with van der Waals surface area (Å²) < 4.78 is 27.4. The molecule has 0 radical (unpaired) electrons. The molecule has 0 saturated heterocycles. The molecule has 0 spiro atoms. The minimum Gasteiger partial charge on any atom is -0.387 e. The van der Waals surface area contributed by atoms with Gasteiger partial charge in [0.15, 0.2) is 12.1 Å². The van der Waals surface area contributed by atoms with E-state index in [-0.39, 0.29) is 6.54 Å². The van der Waals surface area contributed by atoms with E-state index in [1.807, 2.05) is 52.1 Å². The molecule has 0 amide bonds. The van der Waals surface area contributed by atoms with Gasteiger partial charge in [0.2, 0.25) is 0 Å². The molecule has 1 aromatic carbocycles. The second-order valence-corrected chi connectivity index (χ2v) is 9.26. The van der Waals surface area contributed by atoms with Crippen molar-refractivity contribution in [2.75, 3.05) is 26.0 Å². The highest BCUT2D eigenvalue weighted by Crippen LogP contribution is 2.28. The third kappa shape index (κ3) is 11.4. The van der Waals surface area contributed by atoms with E-state index in [9.17, 15) is 13.6 Å². The first kappa shape index (κ1) is 34.7. The van der Waals surface area contributed by atoms with Gasteiger partial charge < -0.3 is 10.6 Å². The summed E-state index contributed by atoms with van der Waals surface area (Å²) in [5.74, 6) is 0.685. The van der Waals surface area contributed by atoms with Crippen LogP contribution in [0.3, 0.4) is 0 Å². The lowest BCUT2D eigenvalue weighted by atomic mass is 10.1. The molecule has 1 unspecified atom stereocenters. The van der Waals surface area contributed by atoms with Crippen molar-refractivity contribution in [3.63, 3.8) is 0 Å². The first-order chi connectivity index (χ1) is 19.4. The van der Waals surface area contributed by atoms with E-state index in [4.69, 9.17) is 5.26 Å². The highest BCUT2D eigenvalue weighted by molar-refractivity contribution is 7.18. The number of aryl methyl sites for hydroxylation is 3. The zero-order valence-corrected chi connectivity index (χ0v) is 25.0. The first-order valence-electron chi connectivity index (χ1n) is 12.3. The minimum absolute atomic E-state index is 0.114. The molecular formula is C28H36F2N9OP. The van der Waals surface area contributed by atoms with Gasteiger partial charge in [-0.25, -0.2) is 9.67 Å². The number of allylic oxidation sites excluding steroid dienone is 1. The summed E-state index contributed by atoms with van der Waals surface area (Å²) in [5, 5.41) is 25.1. The van der Waals surface area contributed by atoms with Crippen LogP contribution in [0.1, 0.15) is 38.4 Å². The van der Waals surface area contributed by atoms with Crippen LogP contribution < -0.4 is 16.1 Å². The maximum absolute atomic E-state index is 12.9. The fourth-order valence-corrected chi connectivity index (χ4v) is 3.39. The van der Waals surface area contributed by atoms with Gasteiger partial charge in [0.25, 0.3) is 5.66 Å². The molecular weight excluding hydrogens is 547 g/mol. The maximum atomic E-state index is 12.9.